The van der Waals surface area contributed by atoms with Gasteiger partial charge in [0.1, 0.15) is 13.2 Å². The van der Waals surface area contributed by atoms with Crippen LogP contribution in [0.15, 0.2) is 0 Å². The Morgan fingerprint density at radius 2 is 1.35 bits per heavy atom. The number of rotatable bonds is 14. The molecule has 0 aromatic carbocycles. The molecule has 3 N–H and O–H groups in total. The third-order valence-electron chi connectivity index (χ3n) is 4.10. The zero-order valence-corrected chi connectivity index (χ0v) is 16.8. The van der Waals surface area contributed by atoms with E-state index in [4.69, 9.17) is 9.47 Å². The fourth-order valence-corrected chi connectivity index (χ4v) is 2.17. The molecule has 0 rings (SSSR count). The molecule has 0 aliphatic carbocycles. The second-order valence-electron chi connectivity index (χ2n) is 6.35. The van der Waals surface area contributed by atoms with Gasteiger partial charge in [0.15, 0.2) is 0 Å². The molecule has 0 spiro atoms. The van der Waals surface area contributed by atoms with Crippen molar-refractivity contribution in [2.24, 2.45) is 0 Å². The van der Waals surface area contributed by atoms with Crippen LogP contribution in [0.4, 0.5) is 9.59 Å². The maximum Gasteiger partial charge on any atom is 0.407 e. The summed E-state index contributed by atoms with van der Waals surface area (Å²) in [6.07, 6.45) is 2.42. The van der Waals surface area contributed by atoms with E-state index >= 15 is 0 Å². The molecule has 2 unspecified atom stereocenters. The number of ether oxygens (including phenoxy) is 2. The first-order chi connectivity index (χ1) is 12.4. The van der Waals surface area contributed by atoms with Gasteiger partial charge >= 0.3 is 12.2 Å². The third-order valence-corrected chi connectivity index (χ3v) is 4.10. The number of carbonyl (C=O) groups is 2. The molecule has 0 aliphatic heterocycles. The molecule has 2 atom stereocenters. The van der Waals surface area contributed by atoms with Crippen LogP contribution >= 0.6 is 0 Å². The van der Waals surface area contributed by atoms with Gasteiger partial charge in [-0.1, -0.05) is 26.7 Å². The Bertz CT molecular complexity index is 352. The zero-order valence-electron chi connectivity index (χ0n) is 16.8. The van der Waals surface area contributed by atoms with E-state index in [2.05, 4.69) is 24.5 Å². The quantitative estimate of drug-likeness (QED) is 0.402. The van der Waals surface area contributed by atoms with Crippen molar-refractivity contribution in [1.82, 2.24) is 15.5 Å². The van der Waals surface area contributed by atoms with Gasteiger partial charge in [0.05, 0.1) is 6.10 Å². The molecule has 0 saturated carbocycles. The topological polar surface area (TPSA) is 100 Å². The van der Waals surface area contributed by atoms with Crippen LogP contribution in [0.2, 0.25) is 0 Å². The van der Waals surface area contributed by atoms with Crippen LogP contribution in [-0.2, 0) is 9.47 Å². The van der Waals surface area contributed by atoms with Crippen LogP contribution < -0.4 is 10.6 Å². The summed E-state index contributed by atoms with van der Waals surface area (Å²) in [4.78, 5) is 25.0. The van der Waals surface area contributed by atoms with E-state index in [1.807, 2.05) is 11.8 Å². The highest BCUT2D eigenvalue weighted by Crippen LogP contribution is 2.04. The molecule has 8 nitrogen and oxygen atoms in total. The van der Waals surface area contributed by atoms with Gasteiger partial charge in [0.2, 0.25) is 0 Å². The first-order valence-corrected chi connectivity index (χ1v) is 9.65. The number of nitrogens with zero attached hydrogens (tertiary/aromatic N) is 1. The van der Waals surface area contributed by atoms with Crippen LogP contribution in [0.5, 0.6) is 0 Å². The lowest BCUT2D eigenvalue weighted by atomic mass is 10.2. The molecule has 0 aromatic rings. The van der Waals surface area contributed by atoms with Crippen LogP contribution in [0.3, 0.4) is 0 Å². The van der Waals surface area contributed by atoms with Gasteiger partial charge in [0, 0.05) is 32.2 Å². The molecule has 154 valence electrons. The van der Waals surface area contributed by atoms with Crippen molar-refractivity contribution in [2.75, 3.05) is 39.4 Å². The lowest BCUT2D eigenvalue weighted by Crippen LogP contribution is -2.44. The summed E-state index contributed by atoms with van der Waals surface area (Å²) in [5, 5.41) is 15.2. The highest BCUT2D eigenvalue weighted by molar-refractivity contribution is 5.67. The summed E-state index contributed by atoms with van der Waals surface area (Å²) in [5.74, 6) is 0. The fraction of sp³-hybridized carbons (Fsp3) is 0.889. The minimum atomic E-state index is -0.549. The summed E-state index contributed by atoms with van der Waals surface area (Å²) < 4.78 is 10.3. The van der Waals surface area contributed by atoms with E-state index in [-0.39, 0.29) is 19.3 Å². The predicted octanol–water partition coefficient (Wildman–Crippen LogP) is 2.11. The Kier molecular flexibility index (Phi) is 14.8. The Hall–Kier alpha value is -1.54. The van der Waals surface area contributed by atoms with Crippen LogP contribution in [0.1, 0.15) is 53.4 Å². The van der Waals surface area contributed by atoms with Gasteiger partial charge in [-0.15, -0.1) is 0 Å². The summed E-state index contributed by atoms with van der Waals surface area (Å²) >= 11 is 0. The number of hydrogen-bond acceptors (Lipinski definition) is 6. The average Bonchev–Trinajstić information content (AvgIpc) is 2.60. The van der Waals surface area contributed by atoms with Crippen LogP contribution in [0.25, 0.3) is 0 Å². The predicted molar refractivity (Wildman–Crippen MR) is 101 cm³/mol. The van der Waals surface area contributed by atoms with E-state index in [0.717, 1.165) is 25.7 Å². The molecule has 0 aromatic heterocycles. The lowest BCUT2D eigenvalue weighted by molar-refractivity contribution is 0.0407. The smallest absolute Gasteiger partial charge is 0.407 e. The number of aliphatic hydroxyl groups is 1. The third kappa shape index (κ3) is 12.8. The molecule has 26 heavy (non-hydrogen) atoms. The fourth-order valence-electron chi connectivity index (χ4n) is 2.17. The monoisotopic (exact) mass is 375 g/mol. The normalized spacial score (nSPS) is 13.2. The molecule has 0 saturated heterocycles. The molecule has 8 heteroatoms. The number of aliphatic hydroxyl groups excluding tert-OH is 1. The van der Waals surface area contributed by atoms with Gasteiger partial charge in [0.25, 0.3) is 0 Å². The lowest BCUT2D eigenvalue weighted by Gasteiger charge is -2.30. The van der Waals surface area contributed by atoms with E-state index in [9.17, 15) is 14.7 Å². The largest absolute Gasteiger partial charge is 0.448 e. The zero-order chi connectivity index (χ0) is 19.8. The van der Waals surface area contributed by atoms with Crippen LogP contribution in [-0.4, -0.2) is 73.7 Å². The van der Waals surface area contributed by atoms with Gasteiger partial charge in [-0.2, -0.15) is 0 Å². The molecule has 0 heterocycles. The second kappa shape index (κ2) is 15.7. The van der Waals surface area contributed by atoms with Crippen molar-refractivity contribution in [2.45, 2.75) is 65.5 Å². The Morgan fingerprint density at radius 1 is 0.923 bits per heavy atom. The van der Waals surface area contributed by atoms with E-state index in [1.54, 1.807) is 6.92 Å². The Labute approximate surface area is 157 Å². The number of carbonyl (C=O) groups excluding carboxylic acids is 2. The highest BCUT2D eigenvalue weighted by Gasteiger charge is 2.19. The minimum absolute atomic E-state index is 0.145. The van der Waals surface area contributed by atoms with Crippen LogP contribution in [0, 0.1) is 0 Å². The molecule has 2 amide bonds. The number of alkyl carbamates (subject to hydrolysis) is 2. The highest BCUT2D eigenvalue weighted by atomic mass is 16.6. The van der Waals surface area contributed by atoms with Gasteiger partial charge in [-0.3, -0.25) is 4.90 Å². The number of amides is 2. The van der Waals surface area contributed by atoms with Crippen molar-refractivity contribution in [3.63, 3.8) is 0 Å². The Morgan fingerprint density at radius 3 is 1.69 bits per heavy atom. The maximum atomic E-state index is 11.6. The molecule has 0 aliphatic rings. The van der Waals surface area contributed by atoms with Crippen molar-refractivity contribution in [3.05, 3.63) is 0 Å². The number of unbranched alkanes of at least 4 members (excludes halogenated alkanes) is 2. The van der Waals surface area contributed by atoms with Gasteiger partial charge in [-0.25, -0.2) is 9.59 Å². The summed E-state index contributed by atoms with van der Waals surface area (Å²) in [6, 6.07) is -0.145. The Balaban J connectivity index is 4.16. The van der Waals surface area contributed by atoms with Crippen molar-refractivity contribution < 1.29 is 24.2 Å². The second-order valence-corrected chi connectivity index (χ2v) is 6.35. The number of nitrogens with one attached hydrogen (secondary N) is 2. The standard InChI is InChI=1S/C18H37N3O5/c1-5-7-9-19-17(23)25-13-11-21(15(3)16(4)22)12-14-26-18(24)20-10-8-6-2/h15-16,22H,5-14H2,1-4H3,(H,19,23)(H,20,24). The van der Waals surface area contributed by atoms with Gasteiger partial charge in [-0.05, 0) is 26.7 Å². The summed E-state index contributed by atoms with van der Waals surface area (Å²) in [7, 11) is 0. The first-order valence-electron chi connectivity index (χ1n) is 9.65. The van der Waals surface area contributed by atoms with Crippen molar-refractivity contribution >= 4 is 12.2 Å². The van der Waals surface area contributed by atoms with E-state index < -0.39 is 18.3 Å². The molecular weight excluding hydrogens is 338 g/mol. The summed E-state index contributed by atoms with van der Waals surface area (Å²) in [6.45, 7) is 10.2. The first kappa shape index (κ1) is 24.5. The van der Waals surface area contributed by atoms with Crippen molar-refractivity contribution in [1.29, 1.82) is 0 Å². The molecule has 0 radical (unpaired) electrons. The maximum absolute atomic E-state index is 11.6. The van der Waals surface area contributed by atoms with E-state index in [1.165, 1.54) is 0 Å². The number of hydrogen-bond donors (Lipinski definition) is 3. The van der Waals surface area contributed by atoms with Gasteiger partial charge < -0.3 is 25.2 Å². The summed E-state index contributed by atoms with van der Waals surface area (Å²) in [5.41, 5.74) is 0. The SMILES string of the molecule is CCCCNC(=O)OCCN(CCOC(=O)NCCCC)C(C)C(C)O. The van der Waals surface area contributed by atoms with Crippen molar-refractivity contribution in [3.8, 4) is 0 Å². The molecular formula is C18H37N3O5. The minimum Gasteiger partial charge on any atom is -0.448 e. The van der Waals surface area contributed by atoms with E-state index in [0.29, 0.717) is 26.2 Å². The molecule has 0 fully saturated rings. The molecule has 0 bridgehead atoms. The average molecular weight is 376 g/mol.